The van der Waals surface area contributed by atoms with Crippen LogP contribution in [-0.2, 0) is 0 Å². The van der Waals surface area contributed by atoms with Gasteiger partial charge < -0.3 is 0 Å². The van der Waals surface area contributed by atoms with E-state index in [9.17, 15) is 0 Å². The molecule has 34 valence electrons. The van der Waals surface area contributed by atoms with Gasteiger partial charge in [0.2, 0.25) is 0 Å². The Morgan fingerprint density at radius 1 is 2.50 bits per heavy atom. The summed E-state index contributed by atoms with van der Waals surface area (Å²) in [4.78, 5) is 0. The van der Waals surface area contributed by atoms with Crippen molar-refractivity contribution in [3.05, 3.63) is 0 Å². The molecule has 0 aromatic heterocycles. The minimum absolute atomic E-state index is 0.950. The molecule has 0 heterocycles. The minimum atomic E-state index is -1.47. The van der Waals surface area contributed by atoms with E-state index in [1.54, 1.807) is 6.66 Å². The molecule has 2 radical (unpaired) electrons. The largest absolute Gasteiger partial charge is 0.104 e. The van der Waals surface area contributed by atoms with E-state index in [2.05, 4.69) is 0 Å². The summed E-state index contributed by atoms with van der Waals surface area (Å²) in [6.45, 7) is 1.64. The summed E-state index contributed by atoms with van der Waals surface area (Å²) in [5.74, 6) is 0. The van der Waals surface area contributed by atoms with Crippen LogP contribution in [0.15, 0.2) is 0 Å². The fourth-order valence-corrected chi connectivity index (χ4v) is 2.20. The van der Waals surface area contributed by atoms with Crippen molar-refractivity contribution in [2.75, 3.05) is 12.7 Å². The van der Waals surface area contributed by atoms with Crippen molar-refractivity contribution in [2.24, 2.45) is 0 Å². The van der Waals surface area contributed by atoms with Gasteiger partial charge in [0, 0.05) is 1.37 Å². The average Bonchev–Trinajstić information content (AvgIpc) is 1.84. The molecule has 0 spiro atoms. The molecule has 0 nitrogen and oxygen atoms in total. The first kappa shape index (κ1) is 2.77. The van der Waals surface area contributed by atoms with Crippen molar-refractivity contribution in [1.29, 1.82) is 3.84 Å². The average molecular weight is 143 g/mol. The van der Waals surface area contributed by atoms with Gasteiger partial charge in [-0.15, -0.1) is 8.21 Å². The van der Waals surface area contributed by atoms with Gasteiger partial charge in [0.05, 0.1) is 11.7 Å². The summed E-state index contributed by atoms with van der Waals surface area (Å²) in [6, 6.07) is -0.950. The Kier molecular flexibility index (Phi) is 2.93. The molecule has 6 heavy (non-hydrogen) atoms. The zero-order chi connectivity index (χ0) is 8.31. The molecule has 0 aromatic carbocycles. The van der Waals surface area contributed by atoms with E-state index in [1.807, 2.05) is 0 Å². The molecule has 0 aromatic rings. The van der Waals surface area contributed by atoms with Gasteiger partial charge >= 0.3 is 0 Å². The SMILES string of the molecule is [2H]P(C)P([3H])P([3H])C([3H])[B]. The lowest BCUT2D eigenvalue weighted by Crippen LogP contribution is -1.57. The molecule has 4 unspecified atom stereocenters. The second-order valence-corrected chi connectivity index (χ2v) is 5.70. The Morgan fingerprint density at radius 3 is 3.33 bits per heavy atom. The van der Waals surface area contributed by atoms with E-state index in [0.29, 0.717) is 0 Å². The highest BCUT2D eigenvalue weighted by atomic mass is 32.4. The Balaban J connectivity index is 3.81. The molecule has 0 N–H and O–H groups in total. The molecule has 4 atom stereocenters. The summed E-state index contributed by atoms with van der Waals surface area (Å²) < 4.78 is 28.7. The number of hydrogen-bond donors (Lipinski definition) is 0. The monoisotopic (exact) mass is 143 g/mol. The molecule has 0 rings (SSSR count). The van der Waals surface area contributed by atoms with Crippen LogP contribution in [0.3, 0.4) is 0 Å². The van der Waals surface area contributed by atoms with Crippen LogP contribution < -0.4 is 0 Å². The predicted molar refractivity (Wildman–Crippen MR) is 41.5 cm³/mol. The van der Waals surface area contributed by atoms with Crippen LogP contribution in [0.2, 0.25) is 0 Å². The van der Waals surface area contributed by atoms with Gasteiger partial charge in [-0.1, -0.05) is 22.2 Å². The third-order valence-electron chi connectivity index (χ3n) is 0.208. The third-order valence-corrected chi connectivity index (χ3v) is 4.41. The first-order chi connectivity index (χ1) is 4.46. The number of hydrogen-bond acceptors (Lipinski definition) is 0. The van der Waals surface area contributed by atoms with Crippen LogP contribution in [0, 0.1) is 0 Å². The molecule has 0 bridgehead atoms. The first-order valence-corrected chi connectivity index (χ1v) is 6.05. The molecule has 0 aliphatic carbocycles. The first-order valence-electron chi connectivity index (χ1n) is 3.36. The van der Waals surface area contributed by atoms with Gasteiger partial charge in [-0.2, -0.15) is 0 Å². The highest BCUT2D eigenvalue weighted by Crippen LogP contribution is 2.49. The normalized spacial score (nSPS) is 39.5. The van der Waals surface area contributed by atoms with E-state index in [0.717, 1.165) is 0 Å². The summed E-state index contributed by atoms with van der Waals surface area (Å²) in [5.41, 5.74) is 0. The molecule has 0 amide bonds. The molecule has 0 saturated carbocycles. The van der Waals surface area contributed by atoms with Crippen LogP contribution in [0.25, 0.3) is 0 Å². The lowest BCUT2D eigenvalue weighted by atomic mass is 10.2. The maximum absolute atomic E-state index is 7.31. The summed E-state index contributed by atoms with van der Waals surface area (Å²) in [6.07, 6.45) is 0. The van der Waals surface area contributed by atoms with Crippen molar-refractivity contribution < 1.29 is 1.37 Å². The second kappa shape index (κ2) is 6.35. The van der Waals surface area contributed by atoms with E-state index in [1.165, 1.54) is 0 Å². The van der Waals surface area contributed by atoms with Crippen LogP contribution in [-0.4, -0.2) is 24.4 Å². The molecule has 0 aliphatic rings. The van der Waals surface area contributed by atoms with E-state index >= 15 is 0 Å². The maximum atomic E-state index is 7.31. The fraction of sp³-hybridized carbons (Fsp3) is 1.00. The highest BCUT2D eigenvalue weighted by Gasteiger charge is 1.73. The van der Waals surface area contributed by atoms with Crippen LogP contribution in [0.5, 0.6) is 0 Å². The Bertz CT molecular complexity index is 88.5. The van der Waals surface area contributed by atoms with E-state index in [4.69, 9.17) is 13.1 Å². The minimum Gasteiger partial charge on any atom is -0.104 e. The van der Waals surface area contributed by atoms with Crippen molar-refractivity contribution in [1.82, 2.24) is 0 Å². The molecular formula is C2H8BP3. The fourth-order valence-electron chi connectivity index (χ4n) is 0.0815. The van der Waals surface area contributed by atoms with Gasteiger partial charge in [-0.05, 0) is 6.66 Å². The van der Waals surface area contributed by atoms with Crippen molar-refractivity contribution in [3.8, 4) is 0 Å². The lowest BCUT2D eigenvalue weighted by Gasteiger charge is -1.88. The molecular weight excluding hydrogens is 128 g/mol. The smallest absolute Gasteiger partial charge is 0.0717 e. The van der Waals surface area contributed by atoms with E-state index in [-0.39, 0.29) is 0 Å². The predicted octanol–water partition coefficient (Wildman–Crippen LogP) is 1.61. The van der Waals surface area contributed by atoms with Crippen LogP contribution in [0.1, 0.15) is 1.37 Å². The molecule has 0 saturated heterocycles. The highest BCUT2D eigenvalue weighted by molar-refractivity contribution is 8.43. The van der Waals surface area contributed by atoms with Crippen LogP contribution in [0.4, 0.5) is 0 Å². The van der Waals surface area contributed by atoms with Crippen molar-refractivity contribution in [2.45, 2.75) is 0 Å². The zero-order valence-corrected chi connectivity index (χ0v) is 6.18. The van der Waals surface area contributed by atoms with Gasteiger partial charge in [0.15, 0.2) is 0 Å². The third kappa shape index (κ3) is 5.35. The molecule has 0 fully saturated rings. The molecule has 4 heteroatoms. The van der Waals surface area contributed by atoms with Gasteiger partial charge in [-0.3, -0.25) is 0 Å². The van der Waals surface area contributed by atoms with Crippen LogP contribution >= 0.6 is 24.3 Å². The summed E-state index contributed by atoms with van der Waals surface area (Å²) in [5, 5.41) is 0. The zero-order valence-electron chi connectivity index (χ0n) is 7.50. The van der Waals surface area contributed by atoms with Crippen molar-refractivity contribution in [3.63, 3.8) is 0 Å². The standard InChI is InChI=1S/C2H8BP3/c1-4-6-5-2-3/h4-6H,2H2,1H3/i2T,4D,5T,6T. The maximum Gasteiger partial charge on any atom is 0.0717 e. The Labute approximate surface area is 51.0 Å². The Hall–Kier alpha value is 1.35. The summed E-state index contributed by atoms with van der Waals surface area (Å²) >= 11 is 0. The number of rotatable bonds is 3. The Morgan fingerprint density at radius 2 is 3.17 bits per heavy atom. The van der Waals surface area contributed by atoms with Crippen molar-refractivity contribution >= 4 is 32.2 Å². The summed E-state index contributed by atoms with van der Waals surface area (Å²) in [7, 11) is 1.18. The van der Waals surface area contributed by atoms with Gasteiger partial charge in [-0.25, -0.2) is 0 Å². The molecule has 0 aliphatic heterocycles. The van der Waals surface area contributed by atoms with E-state index < -0.39 is 30.4 Å². The quantitative estimate of drug-likeness (QED) is 0.415. The van der Waals surface area contributed by atoms with Gasteiger partial charge in [0.25, 0.3) is 0 Å². The second-order valence-electron chi connectivity index (χ2n) is 0.554. The lowest BCUT2D eigenvalue weighted by molar-refractivity contribution is 2.24. The van der Waals surface area contributed by atoms with Gasteiger partial charge in [0.1, 0.15) is 0 Å². The topological polar surface area (TPSA) is 0 Å².